The summed E-state index contributed by atoms with van der Waals surface area (Å²) in [6.07, 6.45) is 0. The second-order valence-electron chi connectivity index (χ2n) is 4.06. The maximum Gasteiger partial charge on any atom is 0.236 e. The molecule has 1 unspecified atom stereocenters. The molecule has 0 heterocycles. The van der Waals surface area contributed by atoms with E-state index in [1.807, 2.05) is 13.8 Å². The molecule has 1 aromatic rings. The minimum Gasteiger partial charge on any atom is -0.345 e. The van der Waals surface area contributed by atoms with E-state index in [0.717, 1.165) is 5.56 Å². The van der Waals surface area contributed by atoms with Gasteiger partial charge in [-0.15, -0.1) is 0 Å². The third-order valence-corrected chi connectivity index (χ3v) is 2.83. The molecule has 0 fully saturated rings. The second-order valence-corrected chi connectivity index (χ2v) is 4.06. The molecule has 0 aliphatic heterocycles. The Labute approximate surface area is 102 Å². The molecule has 1 rings (SSSR count). The van der Waals surface area contributed by atoms with Gasteiger partial charge in [-0.1, -0.05) is 12.1 Å². The first-order valence-corrected chi connectivity index (χ1v) is 5.77. The van der Waals surface area contributed by atoms with Crippen LogP contribution in [0.2, 0.25) is 0 Å². The number of halogens is 1. The Morgan fingerprint density at radius 3 is 2.53 bits per heavy atom. The Bertz CT molecular complexity index is 364. The molecule has 1 N–H and O–H groups in total. The van der Waals surface area contributed by atoms with Crippen molar-refractivity contribution in [2.75, 3.05) is 20.1 Å². The maximum absolute atomic E-state index is 12.7. The summed E-state index contributed by atoms with van der Waals surface area (Å²) in [4.78, 5) is 13.2. The standard InChI is InChI=1S/C13H19FN2O/c1-4-16(3)13(17)9-15-10(2)11-5-7-12(14)8-6-11/h5-8,10,15H,4,9H2,1-3H3. The summed E-state index contributed by atoms with van der Waals surface area (Å²) in [5.41, 5.74) is 0.971. The summed E-state index contributed by atoms with van der Waals surface area (Å²) in [5, 5.41) is 3.12. The highest BCUT2D eigenvalue weighted by molar-refractivity contribution is 5.77. The molecule has 1 amide bonds. The molecule has 3 nitrogen and oxygen atoms in total. The van der Waals surface area contributed by atoms with E-state index in [4.69, 9.17) is 0 Å². The fourth-order valence-corrected chi connectivity index (χ4v) is 1.42. The number of benzene rings is 1. The lowest BCUT2D eigenvalue weighted by molar-refractivity contribution is -0.128. The Morgan fingerprint density at radius 1 is 1.41 bits per heavy atom. The van der Waals surface area contributed by atoms with E-state index < -0.39 is 0 Å². The Kier molecular flexibility index (Phi) is 5.10. The molecule has 0 spiro atoms. The van der Waals surface area contributed by atoms with E-state index in [2.05, 4.69) is 5.32 Å². The van der Waals surface area contributed by atoms with Crippen molar-refractivity contribution in [2.45, 2.75) is 19.9 Å². The largest absolute Gasteiger partial charge is 0.345 e. The van der Waals surface area contributed by atoms with Crippen LogP contribution in [0.4, 0.5) is 4.39 Å². The maximum atomic E-state index is 12.7. The summed E-state index contributed by atoms with van der Waals surface area (Å²) in [7, 11) is 1.77. The van der Waals surface area contributed by atoms with Crippen LogP contribution in [-0.2, 0) is 4.79 Å². The second kappa shape index (κ2) is 6.35. The molecule has 1 atom stereocenters. The average molecular weight is 238 g/mol. The Morgan fingerprint density at radius 2 is 2.00 bits per heavy atom. The first-order valence-electron chi connectivity index (χ1n) is 5.77. The van der Waals surface area contributed by atoms with Crippen molar-refractivity contribution in [1.82, 2.24) is 10.2 Å². The smallest absolute Gasteiger partial charge is 0.236 e. The van der Waals surface area contributed by atoms with Gasteiger partial charge in [0.25, 0.3) is 0 Å². The van der Waals surface area contributed by atoms with Gasteiger partial charge in [-0.3, -0.25) is 4.79 Å². The van der Waals surface area contributed by atoms with Crippen LogP contribution in [0.3, 0.4) is 0 Å². The summed E-state index contributed by atoms with van der Waals surface area (Å²) < 4.78 is 12.7. The van der Waals surface area contributed by atoms with Gasteiger partial charge in [0.2, 0.25) is 5.91 Å². The summed E-state index contributed by atoms with van der Waals surface area (Å²) >= 11 is 0. The van der Waals surface area contributed by atoms with Crippen LogP contribution in [0.15, 0.2) is 24.3 Å². The van der Waals surface area contributed by atoms with E-state index in [1.165, 1.54) is 12.1 Å². The van der Waals surface area contributed by atoms with Crippen LogP contribution in [0.1, 0.15) is 25.5 Å². The monoisotopic (exact) mass is 238 g/mol. The zero-order chi connectivity index (χ0) is 12.8. The number of carbonyl (C=O) groups is 1. The van der Waals surface area contributed by atoms with Crippen molar-refractivity contribution in [1.29, 1.82) is 0 Å². The number of nitrogens with one attached hydrogen (secondary N) is 1. The summed E-state index contributed by atoms with van der Waals surface area (Å²) in [5.74, 6) is -0.191. The Balaban J connectivity index is 2.47. The average Bonchev–Trinajstić information content (AvgIpc) is 2.35. The normalized spacial score (nSPS) is 12.2. The van der Waals surface area contributed by atoms with Crippen LogP contribution < -0.4 is 5.32 Å². The number of nitrogens with zero attached hydrogens (tertiary/aromatic N) is 1. The van der Waals surface area contributed by atoms with E-state index in [1.54, 1.807) is 24.1 Å². The fourth-order valence-electron chi connectivity index (χ4n) is 1.42. The van der Waals surface area contributed by atoms with Gasteiger partial charge >= 0.3 is 0 Å². The molecular weight excluding hydrogens is 219 g/mol. The van der Waals surface area contributed by atoms with Gasteiger partial charge in [-0.05, 0) is 31.5 Å². The zero-order valence-corrected chi connectivity index (χ0v) is 10.5. The third-order valence-electron chi connectivity index (χ3n) is 2.83. The minimum absolute atomic E-state index is 0.0322. The molecule has 94 valence electrons. The number of amides is 1. The molecule has 0 saturated carbocycles. The number of hydrogen-bond acceptors (Lipinski definition) is 2. The van der Waals surface area contributed by atoms with Crippen LogP contribution in [-0.4, -0.2) is 30.9 Å². The van der Waals surface area contributed by atoms with E-state index in [9.17, 15) is 9.18 Å². The van der Waals surface area contributed by atoms with Gasteiger partial charge in [0, 0.05) is 19.6 Å². The van der Waals surface area contributed by atoms with Crippen molar-refractivity contribution in [3.05, 3.63) is 35.6 Å². The highest BCUT2D eigenvalue weighted by Crippen LogP contribution is 2.12. The van der Waals surface area contributed by atoms with Gasteiger partial charge in [-0.25, -0.2) is 4.39 Å². The molecule has 0 bridgehead atoms. The van der Waals surface area contributed by atoms with Crippen LogP contribution >= 0.6 is 0 Å². The van der Waals surface area contributed by atoms with Crippen molar-refractivity contribution in [3.8, 4) is 0 Å². The number of likely N-dealkylation sites (N-methyl/N-ethyl adjacent to an activating group) is 1. The molecule has 1 aromatic carbocycles. The first-order chi connectivity index (χ1) is 8.04. The summed E-state index contributed by atoms with van der Waals surface area (Å²) in [6, 6.07) is 6.33. The Hall–Kier alpha value is -1.42. The minimum atomic E-state index is -0.247. The third kappa shape index (κ3) is 4.15. The van der Waals surface area contributed by atoms with Crippen molar-refractivity contribution < 1.29 is 9.18 Å². The molecular formula is C13H19FN2O. The SMILES string of the molecule is CCN(C)C(=O)CNC(C)c1ccc(F)cc1. The highest BCUT2D eigenvalue weighted by Gasteiger charge is 2.09. The van der Waals surface area contributed by atoms with Crippen molar-refractivity contribution in [2.24, 2.45) is 0 Å². The lowest BCUT2D eigenvalue weighted by atomic mass is 10.1. The number of hydrogen-bond donors (Lipinski definition) is 1. The zero-order valence-electron chi connectivity index (χ0n) is 10.5. The van der Waals surface area contributed by atoms with Gasteiger partial charge in [0.15, 0.2) is 0 Å². The van der Waals surface area contributed by atoms with E-state index in [-0.39, 0.29) is 17.8 Å². The molecule has 0 aliphatic carbocycles. The molecule has 0 aliphatic rings. The van der Waals surface area contributed by atoms with Gasteiger partial charge in [0.1, 0.15) is 5.82 Å². The topological polar surface area (TPSA) is 32.3 Å². The quantitative estimate of drug-likeness (QED) is 0.850. The lowest BCUT2D eigenvalue weighted by Crippen LogP contribution is -2.36. The molecule has 4 heteroatoms. The van der Waals surface area contributed by atoms with Crippen molar-refractivity contribution in [3.63, 3.8) is 0 Å². The van der Waals surface area contributed by atoms with E-state index >= 15 is 0 Å². The van der Waals surface area contributed by atoms with Gasteiger partial charge in [-0.2, -0.15) is 0 Å². The van der Waals surface area contributed by atoms with Crippen LogP contribution in [0.5, 0.6) is 0 Å². The fraction of sp³-hybridized carbons (Fsp3) is 0.462. The summed E-state index contributed by atoms with van der Waals surface area (Å²) in [6.45, 7) is 4.88. The predicted molar refractivity (Wildman–Crippen MR) is 66.1 cm³/mol. The van der Waals surface area contributed by atoms with Crippen LogP contribution in [0, 0.1) is 5.82 Å². The molecule has 0 saturated heterocycles. The molecule has 17 heavy (non-hydrogen) atoms. The number of rotatable bonds is 5. The molecule has 0 radical (unpaired) electrons. The highest BCUT2D eigenvalue weighted by atomic mass is 19.1. The predicted octanol–water partition coefficient (Wildman–Crippen LogP) is 1.95. The van der Waals surface area contributed by atoms with Gasteiger partial charge in [0.05, 0.1) is 6.54 Å². The van der Waals surface area contributed by atoms with Crippen LogP contribution in [0.25, 0.3) is 0 Å². The lowest BCUT2D eigenvalue weighted by Gasteiger charge is -2.18. The first kappa shape index (κ1) is 13.6. The molecule has 0 aromatic heterocycles. The number of carbonyl (C=O) groups excluding carboxylic acids is 1. The van der Waals surface area contributed by atoms with E-state index in [0.29, 0.717) is 13.1 Å². The van der Waals surface area contributed by atoms with Gasteiger partial charge < -0.3 is 10.2 Å². The van der Waals surface area contributed by atoms with Crippen molar-refractivity contribution >= 4 is 5.91 Å².